The van der Waals surface area contributed by atoms with Crippen LogP contribution in [0.5, 0.6) is 0 Å². The van der Waals surface area contributed by atoms with Gasteiger partial charge in [0.1, 0.15) is 4.88 Å². The summed E-state index contributed by atoms with van der Waals surface area (Å²) < 4.78 is 37.7. The lowest BCUT2D eigenvalue weighted by Crippen LogP contribution is -2.25. The molecule has 0 radical (unpaired) electrons. The number of benzene rings is 1. The lowest BCUT2D eigenvalue weighted by atomic mass is 9.98. The minimum absolute atomic E-state index is 0.130. The van der Waals surface area contributed by atoms with Gasteiger partial charge in [0.2, 0.25) is 0 Å². The van der Waals surface area contributed by atoms with Gasteiger partial charge >= 0.3 is 6.18 Å². The highest BCUT2D eigenvalue weighted by Crippen LogP contribution is 2.30. The number of hydrogen-bond acceptors (Lipinski definition) is 3. The van der Waals surface area contributed by atoms with E-state index in [4.69, 9.17) is 0 Å². The average molecular weight is 356 g/mol. The van der Waals surface area contributed by atoms with Gasteiger partial charge in [-0.15, -0.1) is 11.3 Å². The summed E-state index contributed by atoms with van der Waals surface area (Å²) in [5.41, 5.74) is -0.188. The Morgan fingerprint density at radius 2 is 1.75 bits per heavy atom. The molecule has 130 valence electrons. The van der Waals surface area contributed by atoms with Gasteiger partial charge < -0.3 is 4.90 Å². The topological polar surface area (TPSA) is 33.2 Å². The molecule has 0 aliphatic carbocycles. The van der Waals surface area contributed by atoms with Crippen molar-refractivity contribution in [1.29, 1.82) is 0 Å². The Hall–Kier alpha value is -1.89. The first kappa shape index (κ1) is 18.4. The van der Waals surface area contributed by atoms with Gasteiger partial charge in [0.05, 0.1) is 16.8 Å². The average Bonchev–Trinajstić information content (AvgIpc) is 2.95. The van der Waals surface area contributed by atoms with Crippen LogP contribution in [0.3, 0.4) is 0 Å². The zero-order valence-corrected chi connectivity index (χ0v) is 14.8. The number of amides is 1. The van der Waals surface area contributed by atoms with Crippen LogP contribution in [0.25, 0.3) is 0 Å². The molecule has 2 aromatic rings. The third-order valence-corrected chi connectivity index (χ3v) is 4.82. The van der Waals surface area contributed by atoms with Crippen molar-refractivity contribution >= 4 is 17.2 Å². The molecule has 0 saturated heterocycles. The van der Waals surface area contributed by atoms with Gasteiger partial charge in [0, 0.05) is 19.0 Å². The highest BCUT2D eigenvalue weighted by atomic mass is 32.1. The lowest BCUT2D eigenvalue weighted by molar-refractivity contribution is -0.137. The van der Waals surface area contributed by atoms with Gasteiger partial charge in [-0.1, -0.05) is 32.9 Å². The molecule has 0 unspecified atom stereocenters. The van der Waals surface area contributed by atoms with E-state index >= 15 is 0 Å². The van der Waals surface area contributed by atoms with Gasteiger partial charge in [-0.3, -0.25) is 4.79 Å². The minimum atomic E-state index is -4.35. The van der Waals surface area contributed by atoms with E-state index in [0.29, 0.717) is 10.4 Å². The standard InChI is InChI=1S/C17H19F3N2OS/c1-16(2,3)15-21-9-13(24-15)14(23)22(4)10-11-5-7-12(8-6-11)17(18,19)20/h5-9H,10H2,1-4H3. The Kier molecular flexibility index (Phi) is 5.03. The Labute approximate surface area is 143 Å². The summed E-state index contributed by atoms with van der Waals surface area (Å²) in [7, 11) is 1.62. The molecule has 0 N–H and O–H groups in total. The third kappa shape index (κ3) is 4.35. The second-order valence-electron chi connectivity index (χ2n) is 6.64. The van der Waals surface area contributed by atoms with E-state index in [1.165, 1.54) is 28.4 Å². The first-order chi connectivity index (χ1) is 11.0. The normalized spacial score (nSPS) is 12.3. The first-order valence-electron chi connectivity index (χ1n) is 7.36. The number of nitrogens with zero attached hydrogens (tertiary/aromatic N) is 2. The van der Waals surface area contributed by atoms with Crippen LogP contribution < -0.4 is 0 Å². The number of carbonyl (C=O) groups is 1. The molecule has 1 aromatic heterocycles. The molecule has 7 heteroatoms. The maximum atomic E-state index is 12.6. The van der Waals surface area contributed by atoms with Crippen molar-refractivity contribution in [2.45, 2.75) is 38.9 Å². The number of alkyl halides is 3. The van der Waals surface area contributed by atoms with Crippen LogP contribution in [-0.4, -0.2) is 22.8 Å². The predicted molar refractivity (Wildman–Crippen MR) is 88.1 cm³/mol. The molecule has 1 aromatic carbocycles. The second-order valence-corrected chi connectivity index (χ2v) is 7.67. The van der Waals surface area contributed by atoms with Crippen LogP contribution in [0.15, 0.2) is 30.5 Å². The van der Waals surface area contributed by atoms with Crippen LogP contribution >= 0.6 is 11.3 Å². The Bertz CT molecular complexity index is 715. The molecule has 0 atom stereocenters. The van der Waals surface area contributed by atoms with E-state index in [2.05, 4.69) is 4.98 Å². The molecule has 3 nitrogen and oxygen atoms in total. The number of rotatable bonds is 3. The van der Waals surface area contributed by atoms with E-state index in [1.807, 2.05) is 20.8 Å². The number of thiazole rings is 1. The van der Waals surface area contributed by atoms with Crippen LogP contribution in [0.1, 0.15) is 46.6 Å². The highest BCUT2D eigenvalue weighted by Gasteiger charge is 2.30. The van der Waals surface area contributed by atoms with Crippen molar-refractivity contribution < 1.29 is 18.0 Å². The molecule has 0 aliphatic rings. The van der Waals surface area contributed by atoms with Gasteiger partial charge in [-0.25, -0.2) is 4.98 Å². The van der Waals surface area contributed by atoms with Crippen LogP contribution in [0.2, 0.25) is 0 Å². The summed E-state index contributed by atoms with van der Waals surface area (Å²) in [6, 6.07) is 4.83. The first-order valence-corrected chi connectivity index (χ1v) is 8.18. The summed E-state index contributed by atoms with van der Waals surface area (Å²) in [5, 5.41) is 0.869. The van der Waals surface area contributed by atoms with E-state index < -0.39 is 11.7 Å². The molecule has 0 aliphatic heterocycles. The van der Waals surface area contributed by atoms with Gasteiger partial charge in [0.25, 0.3) is 5.91 Å². The quantitative estimate of drug-likeness (QED) is 0.796. The van der Waals surface area contributed by atoms with Crippen molar-refractivity contribution in [3.63, 3.8) is 0 Å². The lowest BCUT2D eigenvalue weighted by Gasteiger charge is -2.17. The van der Waals surface area contributed by atoms with Crippen molar-refractivity contribution in [1.82, 2.24) is 9.88 Å². The Morgan fingerprint density at radius 3 is 2.21 bits per heavy atom. The fourth-order valence-corrected chi connectivity index (χ4v) is 3.02. The number of hydrogen-bond donors (Lipinski definition) is 0. The van der Waals surface area contributed by atoms with Crippen LogP contribution in [0.4, 0.5) is 13.2 Å². The molecular formula is C17H19F3N2OS. The fraction of sp³-hybridized carbons (Fsp3) is 0.412. The minimum Gasteiger partial charge on any atom is -0.337 e. The number of aromatic nitrogens is 1. The maximum Gasteiger partial charge on any atom is 0.416 e. The SMILES string of the molecule is CN(Cc1ccc(C(F)(F)F)cc1)C(=O)c1cnc(C(C)(C)C)s1. The summed E-state index contributed by atoms with van der Waals surface area (Å²) in [5.74, 6) is -0.192. The van der Waals surface area contributed by atoms with Gasteiger partial charge in [0.15, 0.2) is 0 Å². The zero-order valence-electron chi connectivity index (χ0n) is 13.9. The molecule has 0 fully saturated rings. The van der Waals surface area contributed by atoms with Gasteiger partial charge in [-0.05, 0) is 17.7 Å². The van der Waals surface area contributed by atoms with E-state index in [0.717, 1.165) is 17.1 Å². The zero-order chi connectivity index (χ0) is 18.1. The van der Waals surface area contributed by atoms with E-state index in [1.54, 1.807) is 13.2 Å². The van der Waals surface area contributed by atoms with Crippen LogP contribution in [0, 0.1) is 0 Å². The summed E-state index contributed by atoms with van der Waals surface area (Å²) in [6.45, 7) is 6.30. The molecule has 1 heterocycles. The van der Waals surface area contributed by atoms with Crippen molar-refractivity contribution in [2.75, 3.05) is 7.05 Å². The van der Waals surface area contributed by atoms with Crippen molar-refractivity contribution in [3.8, 4) is 0 Å². The van der Waals surface area contributed by atoms with E-state index in [9.17, 15) is 18.0 Å². The molecule has 24 heavy (non-hydrogen) atoms. The molecule has 0 spiro atoms. The summed E-state index contributed by atoms with van der Waals surface area (Å²) in [4.78, 5) is 18.7. The number of halogens is 3. The maximum absolute atomic E-state index is 12.6. The fourth-order valence-electron chi connectivity index (χ4n) is 2.05. The van der Waals surface area contributed by atoms with Crippen LogP contribution in [-0.2, 0) is 18.1 Å². The Morgan fingerprint density at radius 1 is 1.17 bits per heavy atom. The third-order valence-electron chi connectivity index (χ3n) is 3.41. The number of carbonyl (C=O) groups excluding carboxylic acids is 1. The van der Waals surface area contributed by atoms with Crippen molar-refractivity contribution in [2.24, 2.45) is 0 Å². The predicted octanol–water partition coefficient (Wildman–Crippen LogP) is 4.73. The Balaban J connectivity index is 2.08. The second kappa shape index (κ2) is 6.55. The molecular weight excluding hydrogens is 337 g/mol. The highest BCUT2D eigenvalue weighted by molar-refractivity contribution is 7.13. The molecule has 0 saturated carbocycles. The van der Waals surface area contributed by atoms with Gasteiger partial charge in [-0.2, -0.15) is 13.2 Å². The monoisotopic (exact) mass is 356 g/mol. The summed E-state index contributed by atoms with van der Waals surface area (Å²) >= 11 is 1.34. The smallest absolute Gasteiger partial charge is 0.337 e. The molecule has 0 bridgehead atoms. The van der Waals surface area contributed by atoms with E-state index in [-0.39, 0.29) is 17.9 Å². The van der Waals surface area contributed by atoms with Crippen molar-refractivity contribution in [3.05, 3.63) is 51.5 Å². The molecule has 2 rings (SSSR count). The molecule has 1 amide bonds. The largest absolute Gasteiger partial charge is 0.416 e. The summed E-state index contributed by atoms with van der Waals surface area (Å²) in [6.07, 6.45) is -2.80.